The number of carbonyl (C=O) groups is 2. The largest absolute Gasteiger partial charge is 0.355 e. The van der Waals surface area contributed by atoms with Gasteiger partial charge in [0.15, 0.2) is 0 Å². The quantitative estimate of drug-likeness (QED) is 0.766. The Hall–Kier alpha value is -1.75. The molecule has 5 nitrogen and oxygen atoms in total. The highest BCUT2D eigenvalue weighted by atomic mass is 35.5. The second-order valence-electron chi connectivity index (χ2n) is 2.91. The monoisotopic (exact) mass is 242 g/mol. The third kappa shape index (κ3) is 3.13. The summed E-state index contributed by atoms with van der Waals surface area (Å²) in [5, 5.41) is 3.75. The van der Waals surface area contributed by atoms with Crippen LogP contribution in [0.4, 0.5) is 10.5 Å². The average molecular weight is 243 g/mol. The summed E-state index contributed by atoms with van der Waals surface area (Å²) in [5.41, 5.74) is 0.416. The molecule has 0 unspecified atom stereocenters. The van der Waals surface area contributed by atoms with Crippen LogP contribution in [0.2, 0.25) is 5.02 Å². The topological polar surface area (TPSA) is 58.6 Å². The molecular weight excluding hydrogens is 232 g/mol. The van der Waals surface area contributed by atoms with Gasteiger partial charge in [-0.15, -0.1) is 5.06 Å². The Kier molecular flexibility index (Phi) is 4.13. The normalized spacial score (nSPS) is 9.44. The second kappa shape index (κ2) is 5.37. The maximum absolute atomic E-state index is 11.4. The lowest BCUT2D eigenvalue weighted by molar-refractivity contribution is -0.141. The Morgan fingerprint density at radius 2 is 1.88 bits per heavy atom. The van der Waals surface area contributed by atoms with E-state index in [9.17, 15) is 9.59 Å². The smallest absolute Gasteiger partial charge is 0.338 e. The van der Waals surface area contributed by atoms with Crippen LogP contribution in [0.1, 0.15) is 6.92 Å². The van der Waals surface area contributed by atoms with Gasteiger partial charge in [0.25, 0.3) is 0 Å². The Morgan fingerprint density at radius 1 is 1.31 bits per heavy atom. The summed E-state index contributed by atoms with van der Waals surface area (Å²) in [7, 11) is 1.44. The van der Waals surface area contributed by atoms with Gasteiger partial charge >= 0.3 is 12.0 Å². The molecule has 16 heavy (non-hydrogen) atoms. The molecule has 0 aromatic heterocycles. The molecule has 0 fully saturated rings. The number of nitrogens with zero attached hydrogens (tertiary/aromatic N) is 1. The predicted octanol–water partition coefficient (Wildman–Crippen LogP) is 1.96. The molecule has 0 radical (unpaired) electrons. The number of hydrogen-bond acceptors (Lipinski definition) is 3. The van der Waals surface area contributed by atoms with E-state index >= 15 is 0 Å². The average Bonchev–Trinajstić information content (AvgIpc) is 2.26. The minimum absolute atomic E-state index is 0.416. The van der Waals surface area contributed by atoms with Gasteiger partial charge in [0.1, 0.15) is 0 Å². The molecule has 1 N–H and O–H groups in total. The zero-order valence-corrected chi connectivity index (χ0v) is 9.62. The summed E-state index contributed by atoms with van der Waals surface area (Å²) < 4.78 is 0. The molecule has 0 bridgehead atoms. The van der Waals surface area contributed by atoms with Crippen molar-refractivity contribution in [2.45, 2.75) is 6.92 Å². The molecule has 0 saturated heterocycles. The lowest BCUT2D eigenvalue weighted by atomic mass is 10.3. The van der Waals surface area contributed by atoms with Gasteiger partial charge in [0, 0.05) is 19.0 Å². The molecule has 0 heterocycles. The molecule has 1 aromatic carbocycles. The van der Waals surface area contributed by atoms with Crippen LogP contribution >= 0.6 is 11.6 Å². The summed E-state index contributed by atoms with van der Waals surface area (Å²) in [5.74, 6) is -0.585. The van der Waals surface area contributed by atoms with Crippen LogP contribution in [-0.4, -0.2) is 19.0 Å². The fourth-order valence-electron chi connectivity index (χ4n) is 1.02. The van der Waals surface area contributed by atoms with Gasteiger partial charge in [-0.05, 0) is 24.3 Å². The minimum Gasteiger partial charge on any atom is -0.338 e. The first-order valence-corrected chi connectivity index (χ1v) is 4.88. The van der Waals surface area contributed by atoms with Crippen molar-refractivity contribution in [1.29, 1.82) is 0 Å². The molecule has 2 amide bonds. The van der Waals surface area contributed by atoms with Crippen LogP contribution < -0.4 is 10.4 Å². The fraction of sp³-hybridized carbons (Fsp3) is 0.200. The highest BCUT2D eigenvalue weighted by molar-refractivity contribution is 6.30. The van der Waals surface area contributed by atoms with Gasteiger partial charge < -0.3 is 10.2 Å². The third-order valence-corrected chi connectivity index (χ3v) is 1.93. The number of halogens is 1. The SMILES string of the molecule is CNC(=O)N(OC(C)=O)c1ccc(Cl)cc1. The van der Waals surface area contributed by atoms with Crippen LogP contribution in [0.3, 0.4) is 0 Å². The molecule has 0 aliphatic rings. The number of amides is 2. The summed E-state index contributed by atoms with van der Waals surface area (Å²) in [6.07, 6.45) is 0. The van der Waals surface area contributed by atoms with Crippen LogP contribution in [0.25, 0.3) is 0 Å². The van der Waals surface area contributed by atoms with E-state index in [4.69, 9.17) is 16.4 Å². The summed E-state index contributed by atoms with van der Waals surface area (Å²) in [6.45, 7) is 1.21. The van der Waals surface area contributed by atoms with Crippen LogP contribution in [-0.2, 0) is 9.63 Å². The molecule has 1 aromatic rings. The third-order valence-electron chi connectivity index (χ3n) is 1.68. The van der Waals surface area contributed by atoms with Crippen molar-refractivity contribution < 1.29 is 14.4 Å². The van der Waals surface area contributed by atoms with Crippen molar-refractivity contribution >= 4 is 29.3 Å². The van der Waals surface area contributed by atoms with E-state index in [1.807, 2.05) is 0 Å². The van der Waals surface area contributed by atoms with Crippen LogP contribution in [0.5, 0.6) is 0 Å². The van der Waals surface area contributed by atoms with Crippen molar-refractivity contribution in [3.8, 4) is 0 Å². The number of urea groups is 1. The molecule has 0 saturated carbocycles. The van der Waals surface area contributed by atoms with Gasteiger partial charge in [0.05, 0.1) is 5.69 Å². The minimum atomic E-state index is -0.585. The number of hydrogen-bond donors (Lipinski definition) is 1. The number of benzene rings is 1. The molecule has 0 spiro atoms. The lowest BCUT2D eigenvalue weighted by Gasteiger charge is -2.19. The zero-order valence-electron chi connectivity index (χ0n) is 8.86. The van der Waals surface area contributed by atoms with E-state index in [1.54, 1.807) is 24.3 Å². The Balaban J connectivity index is 2.96. The number of anilines is 1. The maximum atomic E-state index is 11.4. The number of hydroxylamine groups is 1. The van der Waals surface area contributed by atoms with Crippen molar-refractivity contribution in [1.82, 2.24) is 5.32 Å². The van der Waals surface area contributed by atoms with Gasteiger partial charge in [-0.3, -0.25) is 0 Å². The van der Waals surface area contributed by atoms with Crippen LogP contribution in [0, 0.1) is 0 Å². The number of nitrogens with one attached hydrogen (secondary N) is 1. The van der Waals surface area contributed by atoms with Crippen molar-refractivity contribution in [2.24, 2.45) is 0 Å². The van der Waals surface area contributed by atoms with E-state index in [0.717, 1.165) is 5.06 Å². The first-order chi connectivity index (χ1) is 7.54. The van der Waals surface area contributed by atoms with Gasteiger partial charge in [-0.2, -0.15) is 0 Å². The molecule has 6 heteroatoms. The van der Waals surface area contributed by atoms with Crippen LogP contribution in [0.15, 0.2) is 24.3 Å². The first kappa shape index (κ1) is 12.3. The number of rotatable bonds is 1. The summed E-state index contributed by atoms with van der Waals surface area (Å²) in [4.78, 5) is 27.1. The fourth-order valence-corrected chi connectivity index (χ4v) is 1.14. The highest BCUT2D eigenvalue weighted by Crippen LogP contribution is 2.18. The Bertz CT molecular complexity index is 392. The van der Waals surface area contributed by atoms with E-state index in [2.05, 4.69) is 5.32 Å². The first-order valence-electron chi connectivity index (χ1n) is 4.50. The molecule has 0 atom stereocenters. The summed E-state index contributed by atoms with van der Waals surface area (Å²) >= 11 is 5.71. The van der Waals surface area contributed by atoms with E-state index < -0.39 is 12.0 Å². The van der Waals surface area contributed by atoms with E-state index in [-0.39, 0.29) is 0 Å². The molecule has 0 aliphatic heterocycles. The highest BCUT2D eigenvalue weighted by Gasteiger charge is 2.17. The Labute approximate surface area is 97.9 Å². The molecule has 86 valence electrons. The van der Waals surface area contributed by atoms with Gasteiger partial charge in [-0.1, -0.05) is 11.6 Å². The molecular formula is C10H11ClN2O3. The van der Waals surface area contributed by atoms with E-state index in [0.29, 0.717) is 10.7 Å². The van der Waals surface area contributed by atoms with Crippen molar-refractivity contribution in [2.75, 3.05) is 12.1 Å². The maximum Gasteiger partial charge on any atom is 0.355 e. The van der Waals surface area contributed by atoms with Crippen molar-refractivity contribution in [3.63, 3.8) is 0 Å². The van der Waals surface area contributed by atoms with E-state index in [1.165, 1.54) is 14.0 Å². The zero-order chi connectivity index (χ0) is 12.1. The van der Waals surface area contributed by atoms with Crippen molar-refractivity contribution in [3.05, 3.63) is 29.3 Å². The van der Waals surface area contributed by atoms with Gasteiger partial charge in [-0.25, -0.2) is 9.59 Å². The lowest BCUT2D eigenvalue weighted by Crippen LogP contribution is -2.39. The predicted molar refractivity (Wildman–Crippen MR) is 60.2 cm³/mol. The van der Waals surface area contributed by atoms with Gasteiger partial charge in [0.2, 0.25) is 0 Å². The standard InChI is InChI=1S/C10H11ClN2O3/c1-7(14)16-13(10(15)12-2)9-5-3-8(11)4-6-9/h3-6H,1-2H3,(H,12,15). The molecule has 0 aliphatic carbocycles. The molecule has 1 rings (SSSR count). The Morgan fingerprint density at radius 3 is 2.31 bits per heavy atom. The summed E-state index contributed by atoms with van der Waals surface area (Å²) in [6, 6.07) is 5.78. The second-order valence-corrected chi connectivity index (χ2v) is 3.35. The number of carbonyl (C=O) groups excluding carboxylic acids is 2.